The van der Waals surface area contributed by atoms with Gasteiger partial charge in [-0.25, -0.2) is 4.68 Å². The van der Waals surface area contributed by atoms with Crippen molar-refractivity contribution in [1.82, 2.24) is 9.78 Å². The molecule has 5 nitrogen and oxygen atoms in total. The largest absolute Gasteiger partial charge is 0.394 e. The molecule has 0 saturated carbocycles. The van der Waals surface area contributed by atoms with Crippen molar-refractivity contribution in [2.45, 2.75) is 26.4 Å². The van der Waals surface area contributed by atoms with Crippen LogP contribution in [0.4, 0.5) is 11.5 Å². The van der Waals surface area contributed by atoms with E-state index in [9.17, 15) is 0 Å². The van der Waals surface area contributed by atoms with Gasteiger partial charge in [-0.1, -0.05) is 0 Å². The zero-order valence-electron chi connectivity index (χ0n) is 7.41. The summed E-state index contributed by atoms with van der Waals surface area (Å²) >= 11 is 0. The Labute approximate surface area is 71.5 Å². The minimum absolute atomic E-state index is 0.215. The molecule has 0 spiro atoms. The van der Waals surface area contributed by atoms with E-state index in [0.717, 1.165) is 0 Å². The average Bonchev–Trinajstić information content (AvgIpc) is 2.30. The summed E-state index contributed by atoms with van der Waals surface area (Å²) in [6.07, 6.45) is 0. The molecule has 0 aliphatic heterocycles. The molecule has 1 heterocycles. The van der Waals surface area contributed by atoms with Crippen LogP contribution in [0.3, 0.4) is 0 Å². The maximum atomic E-state index is 5.70. The summed E-state index contributed by atoms with van der Waals surface area (Å²) < 4.78 is 1.68. The fourth-order valence-corrected chi connectivity index (χ4v) is 1.05. The minimum Gasteiger partial charge on any atom is -0.394 e. The average molecular weight is 169 g/mol. The molecule has 1 rings (SSSR count). The van der Waals surface area contributed by atoms with Crippen LogP contribution in [0.25, 0.3) is 0 Å². The molecule has 0 aliphatic rings. The van der Waals surface area contributed by atoms with Crippen LogP contribution in [0.5, 0.6) is 0 Å². The first-order chi connectivity index (χ1) is 5.57. The van der Waals surface area contributed by atoms with Crippen molar-refractivity contribution in [2.75, 3.05) is 11.5 Å². The predicted octanol–water partition coefficient (Wildman–Crippen LogP) is 0.0871. The van der Waals surface area contributed by atoms with Crippen LogP contribution >= 0.6 is 0 Å². The van der Waals surface area contributed by atoms with E-state index >= 15 is 0 Å². The highest BCUT2D eigenvalue weighted by molar-refractivity contribution is 5.62. The Balaban J connectivity index is 3.16. The molecule has 0 amide bonds. The monoisotopic (exact) mass is 169 g/mol. The van der Waals surface area contributed by atoms with Crippen molar-refractivity contribution in [3.8, 4) is 0 Å². The van der Waals surface area contributed by atoms with E-state index < -0.39 is 0 Å². The van der Waals surface area contributed by atoms with E-state index in [4.69, 9.17) is 17.2 Å². The lowest BCUT2D eigenvalue weighted by Crippen LogP contribution is -2.07. The Morgan fingerprint density at radius 2 is 2.00 bits per heavy atom. The Morgan fingerprint density at radius 1 is 1.42 bits per heavy atom. The van der Waals surface area contributed by atoms with Crippen molar-refractivity contribution in [2.24, 2.45) is 5.73 Å². The summed E-state index contributed by atoms with van der Waals surface area (Å²) in [6, 6.07) is 0.215. The first-order valence-electron chi connectivity index (χ1n) is 3.90. The summed E-state index contributed by atoms with van der Waals surface area (Å²) in [5.74, 6) is 0.505. The van der Waals surface area contributed by atoms with Gasteiger partial charge in [0.05, 0.1) is 5.69 Å². The lowest BCUT2D eigenvalue weighted by Gasteiger charge is -2.06. The van der Waals surface area contributed by atoms with Crippen molar-refractivity contribution in [3.05, 3.63) is 5.69 Å². The number of nitrogen functional groups attached to an aromatic ring is 2. The third-order valence-corrected chi connectivity index (χ3v) is 1.74. The third-order valence-electron chi connectivity index (χ3n) is 1.74. The molecule has 68 valence electrons. The lowest BCUT2D eigenvalue weighted by molar-refractivity contribution is 0.534. The molecular weight excluding hydrogens is 154 g/mol. The molecular formula is C7H15N5. The quantitative estimate of drug-likeness (QED) is 0.584. The molecule has 5 heteroatoms. The number of nitrogens with two attached hydrogens (primary N) is 3. The van der Waals surface area contributed by atoms with Gasteiger partial charge in [-0.2, -0.15) is 5.10 Å². The summed E-state index contributed by atoms with van der Waals surface area (Å²) in [4.78, 5) is 0. The van der Waals surface area contributed by atoms with Crippen molar-refractivity contribution < 1.29 is 0 Å². The Bertz CT molecular complexity index is 276. The van der Waals surface area contributed by atoms with Crippen molar-refractivity contribution >= 4 is 11.5 Å². The summed E-state index contributed by atoms with van der Waals surface area (Å²) in [6.45, 7) is 4.31. The van der Waals surface area contributed by atoms with Gasteiger partial charge < -0.3 is 17.2 Å². The number of nitrogens with zero attached hydrogens (tertiary/aromatic N) is 2. The highest BCUT2D eigenvalue weighted by atomic mass is 15.3. The maximum absolute atomic E-state index is 5.70. The van der Waals surface area contributed by atoms with E-state index in [-0.39, 0.29) is 6.04 Å². The van der Waals surface area contributed by atoms with Crippen LogP contribution in [0, 0.1) is 0 Å². The normalized spacial score (nSPS) is 11.0. The van der Waals surface area contributed by atoms with Gasteiger partial charge in [0.2, 0.25) is 0 Å². The van der Waals surface area contributed by atoms with Crippen LogP contribution in [0.2, 0.25) is 0 Å². The van der Waals surface area contributed by atoms with Gasteiger partial charge in [0.25, 0.3) is 0 Å². The molecule has 0 aromatic carbocycles. The second-order valence-electron chi connectivity index (χ2n) is 2.99. The van der Waals surface area contributed by atoms with Crippen LogP contribution in [0.15, 0.2) is 0 Å². The van der Waals surface area contributed by atoms with E-state index in [1.165, 1.54) is 0 Å². The fraction of sp³-hybridized carbons (Fsp3) is 0.571. The molecule has 0 saturated heterocycles. The van der Waals surface area contributed by atoms with Gasteiger partial charge in [-0.15, -0.1) is 0 Å². The highest BCUT2D eigenvalue weighted by Gasteiger charge is 2.12. The second kappa shape index (κ2) is 3.02. The Kier molecular flexibility index (Phi) is 2.23. The molecule has 12 heavy (non-hydrogen) atoms. The Morgan fingerprint density at radius 3 is 2.25 bits per heavy atom. The zero-order chi connectivity index (χ0) is 9.30. The number of hydrogen-bond donors (Lipinski definition) is 3. The minimum atomic E-state index is 0.215. The maximum Gasteiger partial charge on any atom is 0.145 e. The van der Waals surface area contributed by atoms with E-state index in [0.29, 0.717) is 23.7 Å². The molecule has 0 radical (unpaired) electrons. The smallest absolute Gasteiger partial charge is 0.145 e. The van der Waals surface area contributed by atoms with Gasteiger partial charge >= 0.3 is 0 Å². The lowest BCUT2D eigenvalue weighted by atomic mass is 10.3. The van der Waals surface area contributed by atoms with Gasteiger partial charge in [0, 0.05) is 12.6 Å². The van der Waals surface area contributed by atoms with Gasteiger partial charge in [-0.3, -0.25) is 0 Å². The zero-order valence-corrected chi connectivity index (χ0v) is 7.41. The predicted molar refractivity (Wildman–Crippen MR) is 49.3 cm³/mol. The standard InChI is InChI=1S/C7H15N5/c1-4(2)12-7(10)6(9)5(3-8)11-12/h4H,3,8-10H2,1-2H3. The first kappa shape index (κ1) is 8.86. The molecule has 0 fully saturated rings. The van der Waals surface area contributed by atoms with Crippen LogP contribution in [-0.4, -0.2) is 9.78 Å². The molecule has 6 N–H and O–H groups in total. The van der Waals surface area contributed by atoms with Crippen LogP contribution in [-0.2, 0) is 6.54 Å². The number of anilines is 2. The van der Waals surface area contributed by atoms with E-state index in [1.807, 2.05) is 13.8 Å². The fourth-order valence-electron chi connectivity index (χ4n) is 1.05. The van der Waals surface area contributed by atoms with Crippen molar-refractivity contribution in [1.29, 1.82) is 0 Å². The number of aromatic nitrogens is 2. The van der Waals surface area contributed by atoms with E-state index in [2.05, 4.69) is 5.10 Å². The van der Waals surface area contributed by atoms with Crippen LogP contribution < -0.4 is 17.2 Å². The molecule has 0 atom stereocenters. The van der Waals surface area contributed by atoms with Gasteiger partial charge in [-0.05, 0) is 13.8 Å². The summed E-state index contributed by atoms with van der Waals surface area (Å²) in [7, 11) is 0. The molecule has 0 aliphatic carbocycles. The first-order valence-corrected chi connectivity index (χ1v) is 3.90. The van der Waals surface area contributed by atoms with Gasteiger partial charge in [0.1, 0.15) is 11.5 Å². The highest BCUT2D eigenvalue weighted by Crippen LogP contribution is 2.21. The van der Waals surface area contributed by atoms with E-state index in [1.54, 1.807) is 4.68 Å². The van der Waals surface area contributed by atoms with Crippen molar-refractivity contribution in [3.63, 3.8) is 0 Å². The van der Waals surface area contributed by atoms with Crippen LogP contribution in [0.1, 0.15) is 25.6 Å². The number of hydrogen-bond acceptors (Lipinski definition) is 4. The SMILES string of the molecule is CC(C)n1nc(CN)c(N)c1N. The summed E-state index contributed by atoms with van der Waals surface area (Å²) in [5.41, 5.74) is 18.0. The number of rotatable bonds is 2. The molecule has 1 aromatic rings. The molecule has 0 unspecified atom stereocenters. The molecule has 1 aromatic heterocycles. The topological polar surface area (TPSA) is 95.9 Å². The second-order valence-corrected chi connectivity index (χ2v) is 2.99. The summed E-state index contributed by atoms with van der Waals surface area (Å²) in [5, 5.41) is 4.17. The van der Waals surface area contributed by atoms with Gasteiger partial charge in [0.15, 0.2) is 0 Å². The Hall–Kier alpha value is -1.23. The molecule has 0 bridgehead atoms. The third kappa shape index (κ3) is 1.23.